The zero-order chi connectivity index (χ0) is 43.9. The maximum atomic E-state index is 13.9. The molecule has 14 nitrogen and oxygen atoms in total. The highest BCUT2D eigenvalue weighted by atomic mass is 16.4. The van der Waals surface area contributed by atoms with Crippen molar-refractivity contribution in [1.29, 1.82) is 0 Å². The zero-order valence-electron chi connectivity index (χ0n) is 34.6. The zero-order valence-corrected chi connectivity index (χ0v) is 34.6. The first kappa shape index (κ1) is 40.1. The van der Waals surface area contributed by atoms with Crippen LogP contribution in [-0.2, 0) is 9.59 Å². The lowest BCUT2D eigenvalue weighted by molar-refractivity contribution is -0.135. The number of rotatable bonds is 10. The minimum absolute atomic E-state index is 0.308. The highest BCUT2D eigenvalue weighted by Crippen LogP contribution is 2.37. The van der Waals surface area contributed by atoms with Crippen LogP contribution in [0.4, 0.5) is 9.59 Å². The molecule has 2 saturated heterocycles. The van der Waals surface area contributed by atoms with E-state index in [1.54, 1.807) is 58.3 Å². The molecule has 14 heteroatoms. The molecule has 2 aromatic heterocycles. The van der Waals surface area contributed by atoms with Crippen molar-refractivity contribution in [1.82, 2.24) is 40.4 Å². The fourth-order valence-corrected chi connectivity index (χ4v) is 9.41. The van der Waals surface area contributed by atoms with Gasteiger partial charge in [0.2, 0.25) is 0 Å². The van der Waals surface area contributed by atoms with Crippen molar-refractivity contribution in [3.05, 3.63) is 156 Å². The second-order valence-corrected chi connectivity index (χ2v) is 16.5. The Balaban J connectivity index is 0.887. The van der Waals surface area contributed by atoms with Gasteiger partial charge in [-0.25, -0.2) is 19.6 Å². The van der Waals surface area contributed by atoms with Gasteiger partial charge in [-0.3, -0.25) is 9.59 Å². The van der Waals surface area contributed by atoms with Gasteiger partial charge in [0.25, 0.3) is 11.8 Å². The lowest BCUT2D eigenvalue weighted by Gasteiger charge is -2.28. The molecule has 4 amide bonds. The smallest absolute Gasteiger partial charge is 0.405 e. The molecule has 0 saturated carbocycles. The number of imidazole rings is 2. The summed E-state index contributed by atoms with van der Waals surface area (Å²) < 4.78 is 0. The Morgan fingerprint density at radius 3 is 1.36 bits per heavy atom. The average molecular weight is 853 g/mol. The Bertz CT molecular complexity index is 2870. The number of aromatic nitrogens is 4. The maximum absolute atomic E-state index is 13.9. The summed E-state index contributed by atoms with van der Waals surface area (Å²) in [6, 6.07) is 40.1. The molecule has 0 radical (unpaired) electrons. The average Bonchev–Trinajstić information content (AvgIpc) is 4.15. The number of nitrogens with zero attached hydrogens (tertiary/aromatic N) is 4. The van der Waals surface area contributed by atoms with Crippen LogP contribution in [0.3, 0.4) is 0 Å². The van der Waals surface area contributed by atoms with Crippen molar-refractivity contribution in [3.8, 4) is 22.3 Å². The number of carboxylic acid groups (broad SMARTS) is 2. The number of carbonyl (C=O) groups is 4. The van der Waals surface area contributed by atoms with E-state index in [1.807, 2.05) is 36.4 Å². The Morgan fingerprint density at radius 1 is 0.531 bits per heavy atom. The molecule has 4 heterocycles. The summed E-state index contributed by atoms with van der Waals surface area (Å²) in [7, 11) is 0. The van der Waals surface area contributed by atoms with E-state index in [4.69, 9.17) is 9.97 Å². The van der Waals surface area contributed by atoms with E-state index in [9.17, 15) is 29.4 Å². The third-order valence-corrected chi connectivity index (χ3v) is 12.5. The van der Waals surface area contributed by atoms with Gasteiger partial charge in [0, 0.05) is 13.1 Å². The van der Waals surface area contributed by atoms with E-state index < -0.39 is 24.3 Å². The Labute approximate surface area is 367 Å². The number of aromatic amines is 2. The first-order valence-electron chi connectivity index (χ1n) is 21.4. The van der Waals surface area contributed by atoms with Crippen LogP contribution in [0.25, 0.3) is 55.1 Å². The van der Waals surface area contributed by atoms with Gasteiger partial charge in [-0.05, 0) is 106 Å². The van der Waals surface area contributed by atoms with Crippen LogP contribution in [0.1, 0.15) is 72.6 Å². The van der Waals surface area contributed by atoms with Gasteiger partial charge in [-0.1, -0.05) is 97.1 Å². The van der Waals surface area contributed by atoms with E-state index in [1.165, 1.54) is 0 Å². The molecule has 4 atom stereocenters. The fraction of sp³-hybridized carbons (Fsp3) is 0.200. The number of hydrogen-bond acceptors (Lipinski definition) is 6. The number of carbonyl (C=O) groups excluding carboxylic acids is 2. The molecule has 6 aromatic carbocycles. The van der Waals surface area contributed by atoms with Crippen LogP contribution >= 0.6 is 0 Å². The van der Waals surface area contributed by atoms with Gasteiger partial charge in [-0.2, -0.15) is 0 Å². The van der Waals surface area contributed by atoms with Crippen LogP contribution in [0, 0.1) is 0 Å². The quantitative estimate of drug-likeness (QED) is 0.0783. The first-order chi connectivity index (χ1) is 31.2. The van der Waals surface area contributed by atoms with Crippen LogP contribution in [0.2, 0.25) is 0 Å². The molecule has 320 valence electrons. The number of fused-ring (bicyclic) bond motifs is 3. The lowest BCUT2D eigenvalue weighted by Crippen LogP contribution is -2.42. The summed E-state index contributed by atoms with van der Waals surface area (Å²) in [5.41, 5.74) is 8.44. The molecule has 2 aliphatic rings. The Morgan fingerprint density at radius 2 is 0.938 bits per heavy atom. The second-order valence-electron chi connectivity index (χ2n) is 16.5. The molecule has 8 aromatic rings. The third-order valence-electron chi connectivity index (χ3n) is 12.5. The van der Waals surface area contributed by atoms with Gasteiger partial charge >= 0.3 is 12.2 Å². The number of amides is 4. The van der Waals surface area contributed by atoms with Crippen LogP contribution in [-0.4, -0.2) is 77.0 Å². The van der Waals surface area contributed by atoms with Crippen molar-refractivity contribution >= 4 is 56.8 Å². The van der Waals surface area contributed by atoms with Crippen molar-refractivity contribution in [2.45, 2.75) is 49.9 Å². The van der Waals surface area contributed by atoms with E-state index in [0.29, 0.717) is 48.7 Å². The van der Waals surface area contributed by atoms with Crippen molar-refractivity contribution in [2.24, 2.45) is 0 Å². The predicted octanol–water partition coefficient (Wildman–Crippen LogP) is 9.27. The summed E-state index contributed by atoms with van der Waals surface area (Å²) in [6.07, 6.45) is 0.434. The first-order valence-corrected chi connectivity index (χ1v) is 21.4. The van der Waals surface area contributed by atoms with Crippen LogP contribution in [0.5, 0.6) is 0 Å². The molecule has 6 N–H and O–H groups in total. The summed E-state index contributed by atoms with van der Waals surface area (Å²) in [5, 5.41) is 26.1. The second kappa shape index (κ2) is 16.7. The highest BCUT2D eigenvalue weighted by Gasteiger charge is 2.38. The predicted molar refractivity (Wildman–Crippen MR) is 242 cm³/mol. The summed E-state index contributed by atoms with van der Waals surface area (Å²) >= 11 is 0. The normalized spacial score (nSPS) is 17.2. The lowest BCUT2D eigenvalue weighted by atomic mass is 9.97. The molecule has 64 heavy (non-hydrogen) atoms. The van der Waals surface area contributed by atoms with Crippen molar-refractivity contribution in [3.63, 3.8) is 0 Å². The molecule has 0 bridgehead atoms. The Hall–Kier alpha value is -8.00. The van der Waals surface area contributed by atoms with Crippen molar-refractivity contribution in [2.75, 3.05) is 13.1 Å². The number of likely N-dealkylation sites (tertiary alicyclic amines) is 2. The molecular weight excluding hydrogens is 809 g/mol. The van der Waals surface area contributed by atoms with Gasteiger partial charge < -0.3 is 40.6 Å². The molecule has 10 rings (SSSR count). The minimum Gasteiger partial charge on any atom is -0.465 e. The van der Waals surface area contributed by atoms with Gasteiger partial charge in [-0.15, -0.1) is 0 Å². The third kappa shape index (κ3) is 7.74. The van der Waals surface area contributed by atoms with Crippen molar-refractivity contribution < 1.29 is 29.4 Å². The molecule has 0 aliphatic carbocycles. The van der Waals surface area contributed by atoms with E-state index >= 15 is 0 Å². The summed E-state index contributed by atoms with van der Waals surface area (Å²) in [4.78, 5) is 71.5. The minimum atomic E-state index is -1.26. The van der Waals surface area contributed by atoms with Gasteiger partial charge in [0.05, 0.1) is 34.2 Å². The van der Waals surface area contributed by atoms with Crippen LogP contribution < -0.4 is 10.6 Å². The monoisotopic (exact) mass is 852 g/mol. The topological polar surface area (TPSA) is 197 Å². The largest absolute Gasteiger partial charge is 0.465 e. The number of benzene rings is 6. The summed E-state index contributed by atoms with van der Waals surface area (Å²) in [6.45, 7) is 0.998. The van der Waals surface area contributed by atoms with Crippen LogP contribution in [0.15, 0.2) is 133 Å². The number of hydrogen-bond donors (Lipinski definition) is 6. The maximum Gasteiger partial charge on any atom is 0.405 e. The molecule has 2 fully saturated rings. The fourth-order valence-electron chi connectivity index (χ4n) is 9.41. The van der Waals surface area contributed by atoms with E-state index in [2.05, 4.69) is 69.1 Å². The molecule has 2 aliphatic heterocycles. The SMILES string of the molecule is O=C(O)NC(C(=O)N1CCCC1c1nc2cc(-c3ccc4ccc(-c5ccc6[nH]c([C@@H]7CCCN7C(=O)[C@H](NC(=O)O)c7ccccc7)nc6c5)cc4c3)ccc2[nH]1)c1ccccc1. The number of H-pyrrole nitrogens is 2. The van der Waals surface area contributed by atoms with Gasteiger partial charge in [0.1, 0.15) is 23.7 Å². The highest BCUT2D eigenvalue weighted by molar-refractivity contribution is 5.94. The van der Waals surface area contributed by atoms with E-state index in [-0.39, 0.29) is 23.9 Å². The molecule has 2 unspecified atom stereocenters. The van der Waals surface area contributed by atoms with Gasteiger partial charge in [0.15, 0.2) is 0 Å². The number of nitrogens with one attached hydrogen (secondary N) is 4. The molecule has 0 spiro atoms. The standard InChI is InChI=1S/C50H44N8O6/c59-47(43(55-49(61)62)30-9-3-1-4-10-30)57-23-7-13-41(57)45-51-37-21-19-34(27-39(37)53-45)32-17-15-29-16-18-33(26-36(29)25-32)35-20-22-38-40(28-35)54-46(52-38)42-14-8-24-58(42)48(60)44(56-50(63)64)31-11-5-2-6-12-31/h1-6,9-12,15-22,25-28,41-44,55-56H,7-8,13-14,23-24H2,(H,51,53)(H,52,54)(H,61,62)(H,63,64)/t41-,42?,43+,44?/m0/s1. The Kier molecular flexibility index (Phi) is 10.5. The molecular formula is C50H44N8O6. The summed E-state index contributed by atoms with van der Waals surface area (Å²) in [5.74, 6) is 0.722. The van der Waals surface area contributed by atoms with E-state index in [0.717, 1.165) is 67.9 Å².